The Morgan fingerprint density at radius 2 is 1.00 bits per heavy atom. The van der Waals surface area contributed by atoms with E-state index in [0.29, 0.717) is 17.2 Å². The van der Waals surface area contributed by atoms with Gasteiger partial charge in [-0.15, -0.1) is 0 Å². The van der Waals surface area contributed by atoms with Crippen LogP contribution in [0.2, 0.25) is 0 Å². The van der Waals surface area contributed by atoms with Gasteiger partial charge >= 0.3 is 11.9 Å². The highest BCUT2D eigenvalue weighted by atomic mass is 79.9. The quantitative estimate of drug-likeness (QED) is 0.153. The minimum Gasteiger partial charge on any atom is -0.496 e. The molecule has 1 N–H and O–H groups in total. The molecule has 6 rings (SSSR count). The monoisotopic (exact) mass is 782 g/mol. The van der Waals surface area contributed by atoms with Crippen molar-refractivity contribution in [1.29, 1.82) is 0 Å². The van der Waals surface area contributed by atoms with Crippen molar-refractivity contribution in [3.63, 3.8) is 0 Å². The summed E-state index contributed by atoms with van der Waals surface area (Å²) in [5.74, 6) is -0.429. The largest absolute Gasteiger partial charge is 0.496 e. The maximum Gasteiger partial charge on any atom is 0.345 e. The van der Waals surface area contributed by atoms with Crippen LogP contribution >= 0.6 is 31.9 Å². The molecule has 0 fully saturated rings. The van der Waals surface area contributed by atoms with Crippen molar-refractivity contribution in [2.75, 3.05) is 35.5 Å². The van der Waals surface area contributed by atoms with Crippen LogP contribution in [0.1, 0.15) is 28.1 Å². The Morgan fingerprint density at radius 1 is 0.625 bits per heavy atom. The smallest absolute Gasteiger partial charge is 0.345 e. The zero-order chi connectivity index (χ0) is 33.8. The molecule has 0 aliphatic heterocycles. The van der Waals surface area contributed by atoms with Gasteiger partial charge in [-0.2, -0.15) is 0 Å². The number of carbonyl (C=O) groups excluding carboxylic acids is 1. The fourth-order valence-corrected chi connectivity index (χ4v) is 5.67. The Hall–Kier alpha value is -5.08. The Morgan fingerprint density at radius 3 is 1.33 bits per heavy atom. The van der Waals surface area contributed by atoms with Crippen molar-refractivity contribution in [1.82, 2.24) is 19.1 Å². The fraction of sp³-hybridized carbons (Fsp3) is 0.176. The highest BCUT2D eigenvalue weighted by Crippen LogP contribution is 2.35. The summed E-state index contributed by atoms with van der Waals surface area (Å²) in [7, 11) is 7.15. The second-order valence-corrected chi connectivity index (χ2v) is 11.6. The van der Waals surface area contributed by atoms with Crippen LogP contribution in [0.4, 0.5) is 0 Å². The predicted molar refractivity (Wildman–Crippen MR) is 189 cm³/mol. The molecular formula is C34H32Br2N4O8. The van der Waals surface area contributed by atoms with Gasteiger partial charge in [0.1, 0.15) is 46.8 Å². The van der Waals surface area contributed by atoms with Crippen LogP contribution in [0, 0.1) is 0 Å². The molecule has 0 unspecified atom stereocenters. The van der Waals surface area contributed by atoms with Crippen LogP contribution in [0.3, 0.4) is 0 Å². The van der Waals surface area contributed by atoms with E-state index < -0.39 is 11.9 Å². The van der Waals surface area contributed by atoms with Crippen molar-refractivity contribution >= 4 is 65.9 Å². The van der Waals surface area contributed by atoms with E-state index in [1.54, 1.807) is 36.9 Å². The van der Waals surface area contributed by atoms with Gasteiger partial charge in [-0.3, -0.25) is 9.13 Å². The van der Waals surface area contributed by atoms with E-state index in [0.717, 1.165) is 36.7 Å². The molecule has 14 heteroatoms. The van der Waals surface area contributed by atoms with Crippen LogP contribution in [0.15, 0.2) is 82.3 Å². The van der Waals surface area contributed by atoms with E-state index in [4.69, 9.17) is 23.7 Å². The molecule has 6 aromatic rings. The third-order valence-electron chi connectivity index (χ3n) is 7.16. The number of fused-ring (bicyclic) bond motifs is 2. The number of benzene rings is 4. The van der Waals surface area contributed by atoms with Gasteiger partial charge in [0.15, 0.2) is 0 Å². The second-order valence-electron chi connectivity index (χ2n) is 9.74. The molecule has 0 saturated heterocycles. The van der Waals surface area contributed by atoms with Crippen LogP contribution < -0.4 is 18.9 Å². The number of imidazole rings is 2. The van der Waals surface area contributed by atoms with Crippen LogP contribution in [0.5, 0.6) is 23.0 Å². The molecule has 48 heavy (non-hydrogen) atoms. The molecule has 0 aliphatic rings. The minimum atomic E-state index is -1.11. The van der Waals surface area contributed by atoms with E-state index in [1.165, 1.54) is 35.5 Å². The molecule has 2 aromatic heterocycles. The number of methoxy groups -OCH3 is 5. The standard InChI is InChI=1S/C17H15BrN2O4.C16H13BrN2O4.CH4/c1-22-14-7-11(8-15(23-2)16(14)17(21)24-3)20-9-19-12-6-10(18)4-5-13(12)20;1-22-13-6-10(7-14(23-2)15(13)16(20)21)19-8-18-11-5-9(17)3-4-12(11)19;/h4-9H,1-3H3;3-8H,1-2H3,(H,20,21);1H4. The van der Waals surface area contributed by atoms with E-state index in [2.05, 4.69) is 41.8 Å². The Balaban J connectivity index is 0.000000212. The van der Waals surface area contributed by atoms with Crippen LogP contribution in [-0.2, 0) is 4.74 Å². The topological polar surface area (TPSA) is 136 Å². The van der Waals surface area contributed by atoms with Gasteiger partial charge in [0, 0.05) is 33.2 Å². The summed E-state index contributed by atoms with van der Waals surface area (Å²) < 4.78 is 31.6. The molecular weight excluding hydrogens is 752 g/mol. The lowest BCUT2D eigenvalue weighted by Crippen LogP contribution is -2.08. The summed E-state index contributed by atoms with van der Waals surface area (Å²) in [4.78, 5) is 32.2. The van der Waals surface area contributed by atoms with Crippen molar-refractivity contribution in [2.24, 2.45) is 0 Å². The Kier molecular flexibility index (Phi) is 11.3. The third kappa shape index (κ3) is 6.94. The first-order valence-electron chi connectivity index (χ1n) is 13.7. The summed E-state index contributed by atoms with van der Waals surface area (Å²) in [5.41, 5.74) is 5.19. The summed E-state index contributed by atoms with van der Waals surface area (Å²) in [5, 5.41) is 9.35. The number of rotatable bonds is 8. The summed E-state index contributed by atoms with van der Waals surface area (Å²) in [6, 6.07) is 18.4. The van der Waals surface area contributed by atoms with E-state index in [1.807, 2.05) is 45.5 Å². The lowest BCUT2D eigenvalue weighted by Gasteiger charge is -2.14. The van der Waals surface area contributed by atoms with Crippen LogP contribution in [-0.4, -0.2) is 71.7 Å². The van der Waals surface area contributed by atoms with Gasteiger partial charge in [-0.1, -0.05) is 39.3 Å². The first-order chi connectivity index (χ1) is 22.6. The average molecular weight is 784 g/mol. The fourth-order valence-electron chi connectivity index (χ4n) is 4.97. The Labute approximate surface area is 293 Å². The molecule has 0 spiro atoms. The molecule has 0 atom stereocenters. The first-order valence-corrected chi connectivity index (χ1v) is 15.3. The van der Waals surface area contributed by atoms with Crippen molar-refractivity contribution in [3.8, 4) is 34.4 Å². The number of esters is 1. The molecule has 4 aromatic carbocycles. The molecule has 0 saturated carbocycles. The maximum atomic E-state index is 12.0. The lowest BCUT2D eigenvalue weighted by atomic mass is 10.1. The number of carbonyl (C=O) groups is 2. The molecule has 2 heterocycles. The highest BCUT2D eigenvalue weighted by Gasteiger charge is 2.22. The zero-order valence-electron chi connectivity index (χ0n) is 25.8. The van der Waals surface area contributed by atoms with E-state index in [9.17, 15) is 14.7 Å². The normalized spacial score (nSPS) is 10.5. The number of halogens is 2. The van der Waals surface area contributed by atoms with Crippen molar-refractivity contribution in [2.45, 2.75) is 7.43 Å². The van der Waals surface area contributed by atoms with E-state index in [-0.39, 0.29) is 30.1 Å². The molecule has 0 bridgehead atoms. The minimum absolute atomic E-state index is 0. The zero-order valence-corrected chi connectivity index (χ0v) is 28.9. The van der Waals surface area contributed by atoms with Gasteiger partial charge < -0.3 is 28.8 Å². The van der Waals surface area contributed by atoms with E-state index >= 15 is 0 Å². The number of hydrogen-bond donors (Lipinski definition) is 1. The van der Waals surface area contributed by atoms with Gasteiger partial charge in [0.2, 0.25) is 0 Å². The number of ether oxygens (including phenoxy) is 5. The first kappa shape index (κ1) is 35.8. The number of nitrogens with zero attached hydrogens (tertiary/aromatic N) is 4. The molecule has 0 amide bonds. The third-order valence-corrected chi connectivity index (χ3v) is 8.15. The number of carboxylic acid groups (broad SMARTS) is 1. The summed E-state index contributed by atoms with van der Waals surface area (Å²) >= 11 is 6.85. The number of hydrogen-bond acceptors (Lipinski definition) is 9. The van der Waals surface area contributed by atoms with Gasteiger partial charge in [0.05, 0.1) is 69.0 Å². The number of aromatic nitrogens is 4. The molecule has 250 valence electrons. The van der Waals surface area contributed by atoms with Gasteiger partial charge in [-0.25, -0.2) is 19.6 Å². The van der Waals surface area contributed by atoms with Crippen molar-refractivity contribution in [3.05, 3.63) is 93.4 Å². The molecule has 0 radical (unpaired) electrons. The SMILES string of the molecule is C.COC(=O)c1c(OC)cc(-n2cnc3cc(Br)ccc32)cc1OC.COc1cc(-n2cnc3cc(Br)ccc32)cc(OC)c1C(=O)O. The summed E-state index contributed by atoms with van der Waals surface area (Å²) in [6.07, 6.45) is 3.38. The van der Waals surface area contributed by atoms with Gasteiger partial charge in [-0.05, 0) is 36.4 Å². The average Bonchev–Trinajstić information content (AvgIpc) is 3.70. The molecule has 0 aliphatic carbocycles. The maximum absolute atomic E-state index is 12.0. The van der Waals surface area contributed by atoms with Crippen LogP contribution in [0.25, 0.3) is 33.4 Å². The number of aromatic carboxylic acids is 1. The Bertz CT molecular complexity index is 2080. The molecule has 12 nitrogen and oxygen atoms in total. The second kappa shape index (κ2) is 15.2. The number of carboxylic acids is 1. The lowest BCUT2D eigenvalue weighted by molar-refractivity contribution is 0.0592. The predicted octanol–water partition coefficient (Wildman–Crippen LogP) is 7.73. The summed E-state index contributed by atoms with van der Waals surface area (Å²) in [6.45, 7) is 0. The van der Waals surface area contributed by atoms with Crippen molar-refractivity contribution < 1.29 is 38.4 Å². The highest BCUT2D eigenvalue weighted by molar-refractivity contribution is 9.10. The van der Waals surface area contributed by atoms with Gasteiger partial charge in [0.25, 0.3) is 0 Å².